The minimum absolute atomic E-state index is 0.494. The van der Waals surface area contributed by atoms with Crippen LogP contribution >= 0.6 is 0 Å². The van der Waals surface area contributed by atoms with Gasteiger partial charge < -0.3 is 15.7 Å². The van der Waals surface area contributed by atoms with Crippen molar-refractivity contribution < 1.29 is 9.90 Å². The second kappa shape index (κ2) is 6.07. The molecule has 1 rings (SSSR count). The van der Waals surface area contributed by atoms with Crippen LogP contribution in [0, 0.1) is 0 Å². The van der Waals surface area contributed by atoms with E-state index in [0.29, 0.717) is 6.42 Å². The second-order valence-corrected chi connectivity index (χ2v) is 3.52. The number of likely N-dealkylation sites (N-methyl/N-ethyl adjacent to an activating group) is 1. The normalized spacial score (nSPS) is 12.1. The van der Waals surface area contributed by atoms with Crippen LogP contribution in [0.25, 0.3) is 0 Å². The number of anilines is 1. The first kappa shape index (κ1) is 12.4. The van der Waals surface area contributed by atoms with Gasteiger partial charge in [-0.05, 0) is 37.6 Å². The predicted molar refractivity (Wildman–Crippen MR) is 62.6 cm³/mol. The van der Waals surface area contributed by atoms with Crippen LogP contribution in [-0.2, 0) is 11.2 Å². The molecule has 0 amide bonds. The molecular weight excluding hydrogens is 206 g/mol. The van der Waals surface area contributed by atoms with Gasteiger partial charge in [0.2, 0.25) is 0 Å². The maximum Gasteiger partial charge on any atom is 0.320 e. The topological polar surface area (TPSA) is 74.2 Å². The zero-order chi connectivity index (χ0) is 12.0. The van der Waals surface area contributed by atoms with E-state index in [0.717, 1.165) is 17.8 Å². The number of aryl methyl sites for hydroxylation is 1. The van der Waals surface area contributed by atoms with Crippen molar-refractivity contribution in [3.05, 3.63) is 23.9 Å². The molecular formula is C11H17N3O2. The highest BCUT2D eigenvalue weighted by Gasteiger charge is 2.14. The second-order valence-electron chi connectivity index (χ2n) is 3.52. The predicted octanol–water partition coefficient (Wildman–Crippen LogP) is 0.728. The molecule has 0 aromatic carbocycles. The molecule has 0 aliphatic rings. The minimum Gasteiger partial charge on any atom is -0.480 e. The van der Waals surface area contributed by atoms with Crippen molar-refractivity contribution in [1.29, 1.82) is 0 Å². The van der Waals surface area contributed by atoms with Crippen LogP contribution in [-0.4, -0.2) is 36.2 Å². The number of pyridine rings is 1. The summed E-state index contributed by atoms with van der Waals surface area (Å²) in [5.74, 6) is -0.0146. The number of carbonyl (C=O) groups is 1. The van der Waals surface area contributed by atoms with Gasteiger partial charge in [0.05, 0.1) is 0 Å². The van der Waals surface area contributed by atoms with E-state index in [1.165, 1.54) is 0 Å². The minimum atomic E-state index is -0.814. The maximum absolute atomic E-state index is 10.8. The highest BCUT2D eigenvalue weighted by atomic mass is 16.4. The Labute approximate surface area is 94.9 Å². The lowest BCUT2D eigenvalue weighted by atomic mass is 10.1. The zero-order valence-corrected chi connectivity index (χ0v) is 9.53. The quantitative estimate of drug-likeness (QED) is 0.663. The summed E-state index contributed by atoms with van der Waals surface area (Å²) in [6, 6.07) is 3.33. The molecule has 0 radical (unpaired) electrons. The van der Waals surface area contributed by atoms with Crippen molar-refractivity contribution in [2.75, 3.05) is 19.4 Å². The molecule has 0 aliphatic heterocycles. The summed E-state index contributed by atoms with van der Waals surface area (Å²) in [5, 5.41) is 14.6. The van der Waals surface area contributed by atoms with Crippen molar-refractivity contribution in [3.63, 3.8) is 0 Å². The molecule has 0 saturated heterocycles. The summed E-state index contributed by atoms with van der Waals surface area (Å²) in [6.07, 6.45) is 3.00. The fourth-order valence-electron chi connectivity index (χ4n) is 1.47. The van der Waals surface area contributed by atoms with Gasteiger partial charge in [-0.2, -0.15) is 0 Å². The number of nitrogens with zero attached hydrogens (tertiary/aromatic N) is 1. The van der Waals surface area contributed by atoms with Gasteiger partial charge in [-0.3, -0.25) is 4.79 Å². The first-order valence-electron chi connectivity index (χ1n) is 5.20. The Bertz CT molecular complexity index is 355. The highest BCUT2D eigenvalue weighted by molar-refractivity contribution is 5.73. The first-order chi connectivity index (χ1) is 7.67. The largest absolute Gasteiger partial charge is 0.480 e. The molecule has 1 aromatic heterocycles. The Hall–Kier alpha value is -1.62. The van der Waals surface area contributed by atoms with Gasteiger partial charge in [0.1, 0.15) is 11.9 Å². The summed E-state index contributed by atoms with van der Waals surface area (Å²) >= 11 is 0. The number of aromatic nitrogens is 1. The van der Waals surface area contributed by atoms with Crippen molar-refractivity contribution in [2.45, 2.75) is 18.9 Å². The smallest absolute Gasteiger partial charge is 0.320 e. The van der Waals surface area contributed by atoms with Crippen molar-refractivity contribution in [3.8, 4) is 0 Å². The summed E-state index contributed by atoms with van der Waals surface area (Å²) in [4.78, 5) is 14.9. The molecule has 5 nitrogen and oxygen atoms in total. The SMILES string of the molecule is CNc1cc(CCC(NC)C(=O)O)ccn1. The Balaban J connectivity index is 2.56. The monoisotopic (exact) mass is 223 g/mol. The van der Waals surface area contributed by atoms with Crippen LogP contribution < -0.4 is 10.6 Å². The average Bonchev–Trinajstić information content (AvgIpc) is 2.29. The third-order valence-corrected chi connectivity index (χ3v) is 2.45. The molecule has 1 atom stereocenters. The van der Waals surface area contributed by atoms with Gasteiger partial charge in [-0.1, -0.05) is 0 Å². The summed E-state index contributed by atoms with van der Waals surface area (Å²) in [6.45, 7) is 0. The Kier molecular flexibility index (Phi) is 4.72. The first-order valence-corrected chi connectivity index (χ1v) is 5.20. The van der Waals surface area contributed by atoms with Crippen molar-refractivity contribution in [1.82, 2.24) is 10.3 Å². The molecule has 0 saturated carbocycles. The number of carboxylic acids is 1. The molecule has 0 fully saturated rings. The van der Waals surface area contributed by atoms with E-state index < -0.39 is 12.0 Å². The van der Waals surface area contributed by atoms with E-state index in [1.807, 2.05) is 12.1 Å². The molecule has 3 N–H and O–H groups in total. The molecule has 5 heteroatoms. The molecule has 1 aromatic rings. The number of hydrogen-bond donors (Lipinski definition) is 3. The van der Waals surface area contributed by atoms with Gasteiger partial charge >= 0.3 is 5.97 Å². The lowest BCUT2D eigenvalue weighted by Gasteiger charge is -2.11. The molecule has 0 bridgehead atoms. The number of nitrogens with one attached hydrogen (secondary N) is 2. The maximum atomic E-state index is 10.8. The fourth-order valence-corrected chi connectivity index (χ4v) is 1.47. The van der Waals surface area contributed by atoms with Gasteiger partial charge in [0.25, 0.3) is 0 Å². The van der Waals surface area contributed by atoms with Gasteiger partial charge in [0.15, 0.2) is 0 Å². The van der Waals surface area contributed by atoms with E-state index in [4.69, 9.17) is 5.11 Å². The summed E-state index contributed by atoms with van der Waals surface area (Å²) < 4.78 is 0. The van der Waals surface area contributed by atoms with E-state index in [-0.39, 0.29) is 0 Å². The van der Waals surface area contributed by atoms with Crippen LogP contribution in [0.5, 0.6) is 0 Å². The zero-order valence-electron chi connectivity index (χ0n) is 9.53. The Morgan fingerprint density at radius 3 is 2.88 bits per heavy atom. The lowest BCUT2D eigenvalue weighted by Crippen LogP contribution is -2.34. The van der Waals surface area contributed by atoms with E-state index >= 15 is 0 Å². The molecule has 16 heavy (non-hydrogen) atoms. The standard InChI is InChI=1S/C11H17N3O2/c1-12-9(11(15)16)4-3-8-5-6-14-10(7-8)13-2/h5-7,9,12H,3-4H2,1-2H3,(H,13,14)(H,15,16). The van der Waals surface area contributed by atoms with E-state index in [9.17, 15) is 4.79 Å². The third kappa shape index (κ3) is 3.51. The number of rotatable bonds is 6. The fraction of sp³-hybridized carbons (Fsp3) is 0.455. The molecule has 1 heterocycles. The van der Waals surface area contributed by atoms with Crippen molar-refractivity contribution in [2.24, 2.45) is 0 Å². The van der Waals surface area contributed by atoms with Crippen LogP contribution in [0.3, 0.4) is 0 Å². The number of hydrogen-bond acceptors (Lipinski definition) is 4. The van der Waals surface area contributed by atoms with Crippen LogP contribution in [0.15, 0.2) is 18.3 Å². The lowest BCUT2D eigenvalue weighted by molar-refractivity contribution is -0.139. The van der Waals surface area contributed by atoms with Crippen LogP contribution in [0.4, 0.5) is 5.82 Å². The van der Waals surface area contributed by atoms with Crippen LogP contribution in [0.2, 0.25) is 0 Å². The summed E-state index contributed by atoms with van der Waals surface area (Å²) in [5.41, 5.74) is 1.08. The average molecular weight is 223 g/mol. The van der Waals surface area contributed by atoms with Gasteiger partial charge in [-0.15, -0.1) is 0 Å². The number of carboxylic acid groups (broad SMARTS) is 1. The van der Waals surface area contributed by atoms with Gasteiger partial charge in [-0.25, -0.2) is 4.98 Å². The highest BCUT2D eigenvalue weighted by Crippen LogP contribution is 2.09. The summed E-state index contributed by atoms with van der Waals surface area (Å²) in [7, 11) is 3.46. The Morgan fingerprint density at radius 1 is 1.56 bits per heavy atom. The Morgan fingerprint density at radius 2 is 2.31 bits per heavy atom. The molecule has 0 spiro atoms. The molecule has 1 unspecified atom stereocenters. The van der Waals surface area contributed by atoms with Crippen LogP contribution in [0.1, 0.15) is 12.0 Å². The van der Waals surface area contributed by atoms with Crippen molar-refractivity contribution >= 4 is 11.8 Å². The van der Waals surface area contributed by atoms with E-state index in [2.05, 4.69) is 15.6 Å². The van der Waals surface area contributed by atoms with E-state index in [1.54, 1.807) is 20.3 Å². The van der Waals surface area contributed by atoms with Gasteiger partial charge in [0, 0.05) is 13.2 Å². The molecule has 0 aliphatic carbocycles. The number of aliphatic carboxylic acids is 1. The third-order valence-electron chi connectivity index (χ3n) is 2.45. The molecule has 88 valence electrons.